The van der Waals surface area contributed by atoms with E-state index in [0.29, 0.717) is 12.8 Å². The first-order chi connectivity index (χ1) is 10.1. The van der Waals surface area contributed by atoms with Gasteiger partial charge < -0.3 is 9.47 Å². The van der Waals surface area contributed by atoms with Crippen molar-refractivity contribution in [2.45, 2.75) is 64.8 Å². The van der Waals surface area contributed by atoms with Crippen LogP contribution in [-0.4, -0.2) is 24.4 Å². The first kappa shape index (κ1) is 19.4. The second-order valence-electron chi connectivity index (χ2n) is 4.71. The molecule has 0 saturated carbocycles. The number of carbonyl (C=O) groups is 2. The number of nitrogens with one attached hydrogen (secondary N) is 1. The Kier molecular flexibility index (Phi) is 11.2. The van der Waals surface area contributed by atoms with Gasteiger partial charge >= 0.3 is 11.9 Å². The van der Waals surface area contributed by atoms with Crippen LogP contribution >= 0.6 is 0 Å². The Hall–Kier alpha value is -1.62. The smallest absolute Gasteiger partial charge is 0.331 e. The minimum Gasteiger partial charge on any atom is -0.443 e. The summed E-state index contributed by atoms with van der Waals surface area (Å²) in [5, 5.41) is 3.07. The fraction of sp³-hybridized carbons (Fsp3) is 0.625. The number of esters is 2. The van der Waals surface area contributed by atoms with Crippen LogP contribution < -0.4 is 5.32 Å². The molecule has 5 heteroatoms. The van der Waals surface area contributed by atoms with Gasteiger partial charge in [0.2, 0.25) is 0 Å². The van der Waals surface area contributed by atoms with E-state index in [0.717, 1.165) is 37.8 Å². The highest BCUT2D eigenvalue weighted by atomic mass is 16.6. The van der Waals surface area contributed by atoms with E-state index in [1.807, 2.05) is 0 Å². The van der Waals surface area contributed by atoms with Crippen LogP contribution in [0.4, 0.5) is 0 Å². The number of carbonyl (C=O) groups excluding carboxylic acids is 2. The lowest BCUT2D eigenvalue weighted by Gasteiger charge is -2.25. The van der Waals surface area contributed by atoms with E-state index < -0.39 is 24.4 Å². The van der Waals surface area contributed by atoms with Crippen LogP contribution in [-0.2, 0) is 19.1 Å². The third kappa shape index (κ3) is 9.85. The summed E-state index contributed by atoms with van der Waals surface area (Å²) in [7, 11) is 0. The maximum absolute atomic E-state index is 11.4. The molecule has 0 aliphatic heterocycles. The van der Waals surface area contributed by atoms with Crippen molar-refractivity contribution in [1.82, 2.24) is 5.32 Å². The van der Waals surface area contributed by atoms with Gasteiger partial charge in [-0.3, -0.25) is 0 Å². The van der Waals surface area contributed by atoms with Gasteiger partial charge in [-0.05, 0) is 25.7 Å². The molecule has 120 valence electrons. The normalized spacial score (nSPS) is 13.0. The minimum absolute atomic E-state index is 0.491. The van der Waals surface area contributed by atoms with Crippen molar-refractivity contribution in [1.29, 1.82) is 0 Å². The van der Waals surface area contributed by atoms with Crippen molar-refractivity contribution in [2.75, 3.05) is 0 Å². The molecular weight excluding hydrogens is 270 g/mol. The second-order valence-corrected chi connectivity index (χ2v) is 4.71. The molecule has 0 bridgehead atoms. The molecule has 0 rings (SSSR count). The number of hydrogen-bond donors (Lipinski definition) is 1. The highest BCUT2D eigenvalue weighted by Gasteiger charge is 2.19. The van der Waals surface area contributed by atoms with Crippen molar-refractivity contribution >= 4 is 11.9 Å². The molecule has 0 radical (unpaired) electrons. The molecule has 2 atom stereocenters. The molecule has 0 spiro atoms. The zero-order valence-corrected chi connectivity index (χ0v) is 13.1. The molecule has 0 aromatic carbocycles. The lowest BCUT2D eigenvalue weighted by Crippen LogP contribution is -2.43. The Balaban J connectivity index is 4.64. The summed E-state index contributed by atoms with van der Waals surface area (Å²) >= 11 is 0. The maximum Gasteiger partial charge on any atom is 0.331 e. The molecule has 0 saturated heterocycles. The van der Waals surface area contributed by atoms with Gasteiger partial charge in [0.1, 0.15) is 0 Å². The molecule has 0 heterocycles. The number of hydrogen-bond acceptors (Lipinski definition) is 5. The van der Waals surface area contributed by atoms with Crippen LogP contribution in [0.1, 0.15) is 52.4 Å². The van der Waals surface area contributed by atoms with Gasteiger partial charge in [0.25, 0.3) is 0 Å². The summed E-state index contributed by atoms with van der Waals surface area (Å²) < 4.78 is 10.5. The SMILES string of the molecule is C=CC(=O)OC(CCCC)NC(CCCC)OC(=O)C=C. The van der Waals surface area contributed by atoms with E-state index in [4.69, 9.17) is 9.47 Å². The van der Waals surface area contributed by atoms with E-state index >= 15 is 0 Å². The number of unbranched alkanes of at least 4 members (excludes halogenated alkanes) is 2. The fourth-order valence-corrected chi connectivity index (χ4v) is 1.72. The molecular formula is C16H27NO4. The number of rotatable bonds is 12. The van der Waals surface area contributed by atoms with E-state index in [-0.39, 0.29) is 0 Å². The predicted molar refractivity (Wildman–Crippen MR) is 82.3 cm³/mol. The molecule has 0 aromatic heterocycles. The van der Waals surface area contributed by atoms with Crippen LogP contribution in [0.3, 0.4) is 0 Å². The topological polar surface area (TPSA) is 64.6 Å². The van der Waals surface area contributed by atoms with Gasteiger partial charge in [-0.15, -0.1) is 0 Å². The molecule has 0 aromatic rings. The van der Waals surface area contributed by atoms with Crippen LogP contribution in [0.2, 0.25) is 0 Å². The Morgan fingerprint density at radius 3 is 1.62 bits per heavy atom. The van der Waals surface area contributed by atoms with Crippen LogP contribution in [0.15, 0.2) is 25.3 Å². The van der Waals surface area contributed by atoms with Gasteiger partial charge in [0.15, 0.2) is 12.5 Å². The summed E-state index contributed by atoms with van der Waals surface area (Å²) in [4.78, 5) is 22.7. The van der Waals surface area contributed by atoms with Gasteiger partial charge in [0.05, 0.1) is 0 Å². The van der Waals surface area contributed by atoms with E-state index in [1.165, 1.54) is 0 Å². The van der Waals surface area contributed by atoms with Crippen molar-refractivity contribution in [2.24, 2.45) is 0 Å². The highest BCUT2D eigenvalue weighted by molar-refractivity contribution is 5.81. The largest absolute Gasteiger partial charge is 0.443 e. The Labute approximate surface area is 127 Å². The summed E-state index contributed by atoms with van der Waals surface area (Å²) in [6.07, 6.45) is 6.34. The fourth-order valence-electron chi connectivity index (χ4n) is 1.72. The Bertz CT molecular complexity index is 309. The molecule has 21 heavy (non-hydrogen) atoms. The van der Waals surface area contributed by atoms with Crippen LogP contribution in [0, 0.1) is 0 Å². The number of ether oxygens (including phenoxy) is 2. The molecule has 0 aliphatic rings. The van der Waals surface area contributed by atoms with Gasteiger partial charge in [-0.25, -0.2) is 14.9 Å². The molecule has 2 unspecified atom stereocenters. The third-order valence-corrected chi connectivity index (χ3v) is 2.86. The van der Waals surface area contributed by atoms with Crippen molar-refractivity contribution in [3.8, 4) is 0 Å². The average Bonchev–Trinajstić information content (AvgIpc) is 2.49. The van der Waals surface area contributed by atoms with Crippen molar-refractivity contribution in [3.63, 3.8) is 0 Å². The minimum atomic E-state index is -0.493. The van der Waals surface area contributed by atoms with Crippen molar-refractivity contribution < 1.29 is 19.1 Å². The Morgan fingerprint density at radius 1 is 0.952 bits per heavy atom. The van der Waals surface area contributed by atoms with Crippen molar-refractivity contribution in [3.05, 3.63) is 25.3 Å². The zero-order valence-electron chi connectivity index (χ0n) is 13.1. The van der Waals surface area contributed by atoms with E-state index in [9.17, 15) is 9.59 Å². The quantitative estimate of drug-likeness (QED) is 0.341. The van der Waals surface area contributed by atoms with Gasteiger partial charge in [-0.2, -0.15) is 0 Å². The Morgan fingerprint density at radius 2 is 1.33 bits per heavy atom. The van der Waals surface area contributed by atoms with E-state index in [2.05, 4.69) is 32.3 Å². The maximum atomic E-state index is 11.4. The van der Waals surface area contributed by atoms with Gasteiger partial charge in [0, 0.05) is 12.2 Å². The molecule has 0 aliphatic carbocycles. The lowest BCUT2D eigenvalue weighted by atomic mass is 10.2. The van der Waals surface area contributed by atoms with E-state index in [1.54, 1.807) is 0 Å². The first-order valence-electron chi connectivity index (χ1n) is 7.49. The predicted octanol–water partition coefficient (Wildman–Crippen LogP) is 3.07. The first-order valence-corrected chi connectivity index (χ1v) is 7.49. The standard InChI is InChI=1S/C16H27NO4/c1-5-9-11-13(20-15(18)7-3)17-14(12-10-6-2)21-16(19)8-4/h7-8,13-14,17H,3-6,9-12H2,1-2H3. The highest BCUT2D eigenvalue weighted by Crippen LogP contribution is 2.09. The molecule has 1 N–H and O–H groups in total. The summed E-state index contributed by atoms with van der Waals surface area (Å²) in [6, 6.07) is 0. The van der Waals surface area contributed by atoms with Gasteiger partial charge in [-0.1, -0.05) is 39.8 Å². The summed E-state index contributed by atoms with van der Waals surface area (Å²) in [5.74, 6) is -0.985. The van der Waals surface area contributed by atoms with Crippen LogP contribution in [0.25, 0.3) is 0 Å². The molecule has 0 amide bonds. The summed E-state index contributed by atoms with van der Waals surface area (Å²) in [6.45, 7) is 10.9. The second kappa shape index (κ2) is 12.1. The zero-order chi connectivity index (χ0) is 16.1. The van der Waals surface area contributed by atoms with Crippen LogP contribution in [0.5, 0.6) is 0 Å². The lowest BCUT2D eigenvalue weighted by molar-refractivity contribution is -0.153. The average molecular weight is 297 g/mol. The molecule has 0 fully saturated rings. The monoisotopic (exact) mass is 297 g/mol. The summed E-state index contributed by atoms with van der Waals surface area (Å²) in [5.41, 5.74) is 0. The molecule has 5 nitrogen and oxygen atoms in total. The third-order valence-electron chi connectivity index (χ3n) is 2.86.